The Morgan fingerprint density at radius 1 is 1.38 bits per heavy atom. The molecule has 0 aromatic heterocycles. The lowest BCUT2D eigenvalue weighted by molar-refractivity contribution is -0.139. The molecule has 0 saturated heterocycles. The number of nitrogens with one attached hydrogen (secondary N) is 1. The van der Waals surface area contributed by atoms with Crippen LogP contribution in [0.4, 0.5) is 4.79 Å². The number of aliphatic hydroxyl groups is 1. The number of urea groups is 1. The number of carboxylic acids is 1. The third kappa shape index (κ3) is 3.85. The molecular weight excluding hydrogens is 276 g/mol. The number of aliphatic hydroxyl groups excluding tert-OH is 1. The lowest BCUT2D eigenvalue weighted by Crippen LogP contribution is -2.48. The summed E-state index contributed by atoms with van der Waals surface area (Å²) in [6.45, 7) is 0.769. The van der Waals surface area contributed by atoms with Gasteiger partial charge in [-0.15, -0.1) is 0 Å². The zero-order valence-electron chi connectivity index (χ0n) is 11.5. The average molecular weight is 294 g/mol. The number of para-hydroxylation sites is 1. The molecule has 0 spiro atoms. The second-order valence-corrected chi connectivity index (χ2v) is 4.73. The standard InChI is InChI=1S/C14H18N2O5/c17-7-5-11(13(18)19)15-14(20)16-6-8-21-12-4-2-1-3-10(12)9-16/h1-4,11,17H,5-9H2,(H,15,20)(H,18,19)/t11-/m0/s1. The number of carboxylic acid groups (broad SMARTS) is 1. The van der Waals surface area contributed by atoms with Gasteiger partial charge in [0.15, 0.2) is 0 Å². The van der Waals surface area contributed by atoms with E-state index in [4.69, 9.17) is 14.9 Å². The molecule has 0 radical (unpaired) electrons. The summed E-state index contributed by atoms with van der Waals surface area (Å²) in [6.07, 6.45) is -0.0258. The molecule has 7 heteroatoms. The molecule has 0 bridgehead atoms. The second kappa shape index (κ2) is 6.94. The van der Waals surface area contributed by atoms with Crippen LogP contribution in [0, 0.1) is 0 Å². The highest BCUT2D eigenvalue weighted by atomic mass is 16.5. The fraction of sp³-hybridized carbons (Fsp3) is 0.429. The summed E-state index contributed by atoms with van der Waals surface area (Å²) in [4.78, 5) is 24.7. The maximum absolute atomic E-state index is 12.2. The number of amides is 2. The van der Waals surface area contributed by atoms with E-state index in [2.05, 4.69) is 5.32 Å². The molecule has 3 N–H and O–H groups in total. The zero-order chi connectivity index (χ0) is 15.2. The first-order valence-corrected chi connectivity index (χ1v) is 6.71. The van der Waals surface area contributed by atoms with Crippen LogP contribution in [0.5, 0.6) is 5.75 Å². The Balaban J connectivity index is 2.04. The van der Waals surface area contributed by atoms with E-state index in [1.54, 1.807) is 0 Å². The van der Waals surface area contributed by atoms with Gasteiger partial charge in [0.05, 0.1) is 13.1 Å². The van der Waals surface area contributed by atoms with Gasteiger partial charge in [-0.25, -0.2) is 9.59 Å². The van der Waals surface area contributed by atoms with Crippen LogP contribution in [-0.4, -0.2) is 52.9 Å². The van der Waals surface area contributed by atoms with Crippen LogP contribution >= 0.6 is 0 Å². The predicted molar refractivity (Wildman–Crippen MR) is 74.0 cm³/mol. The van der Waals surface area contributed by atoms with Crippen molar-refractivity contribution in [3.8, 4) is 5.75 Å². The number of benzene rings is 1. The summed E-state index contributed by atoms with van der Waals surface area (Å²) in [6, 6.07) is 5.84. The number of ether oxygens (including phenoxy) is 1. The fourth-order valence-electron chi connectivity index (χ4n) is 2.13. The molecule has 0 aliphatic carbocycles. The van der Waals surface area contributed by atoms with Crippen LogP contribution in [0.2, 0.25) is 0 Å². The summed E-state index contributed by atoms with van der Waals surface area (Å²) in [5.74, 6) is -0.429. The van der Waals surface area contributed by atoms with Gasteiger partial charge < -0.3 is 25.2 Å². The summed E-state index contributed by atoms with van der Waals surface area (Å²) in [5.41, 5.74) is 0.874. The van der Waals surface area contributed by atoms with Crippen LogP contribution in [0.1, 0.15) is 12.0 Å². The maximum Gasteiger partial charge on any atom is 0.326 e. The van der Waals surface area contributed by atoms with Gasteiger partial charge in [0.2, 0.25) is 0 Å². The van der Waals surface area contributed by atoms with E-state index in [1.807, 2.05) is 24.3 Å². The Bertz CT molecular complexity index is 520. The maximum atomic E-state index is 12.2. The van der Waals surface area contributed by atoms with E-state index in [-0.39, 0.29) is 13.0 Å². The number of fused-ring (bicyclic) bond motifs is 1. The molecule has 1 aliphatic rings. The topological polar surface area (TPSA) is 99.1 Å². The Morgan fingerprint density at radius 3 is 2.86 bits per heavy atom. The summed E-state index contributed by atoms with van der Waals surface area (Å²) >= 11 is 0. The van der Waals surface area contributed by atoms with Gasteiger partial charge in [0, 0.05) is 18.6 Å². The molecule has 2 amide bonds. The fourth-order valence-corrected chi connectivity index (χ4v) is 2.13. The summed E-state index contributed by atoms with van der Waals surface area (Å²) < 4.78 is 5.55. The number of carbonyl (C=O) groups is 2. The van der Waals surface area contributed by atoms with Crippen molar-refractivity contribution in [3.05, 3.63) is 29.8 Å². The zero-order valence-corrected chi connectivity index (χ0v) is 11.5. The van der Waals surface area contributed by atoms with Crippen molar-refractivity contribution >= 4 is 12.0 Å². The SMILES string of the molecule is O=C(O)[C@H](CCO)NC(=O)N1CCOc2ccccc2C1. The predicted octanol–water partition coefficient (Wildman–Crippen LogP) is 0.426. The number of hydrogen-bond donors (Lipinski definition) is 3. The third-order valence-corrected chi connectivity index (χ3v) is 3.25. The molecule has 0 saturated carbocycles. The minimum atomic E-state index is -1.16. The van der Waals surface area contributed by atoms with E-state index < -0.39 is 18.0 Å². The average Bonchev–Trinajstić information content (AvgIpc) is 2.68. The van der Waals surface area contributed by atoms with Crippen LogP contribution in [-0.2, 0) is 11.3 Å². The highest BCUT2D eigenvalue weighted by Gasteiger charge is 2.24. The number of aliphatic carboxylic acids is 1. The van der Waals surface area contributed by atoms with E-state index in [0.29, 0.717) is 19.7 Å². The lowest BCUT2D eigenvalue weighted by Gasteiger charge is -2.23. The van der Waals surface area contributed by atoms with Crippen molar-refractivity contribution in [3.63, 3.8) is 0 Å². The molecule has 1 heterocycles. The molecule has 1 aromatic carbocycles. The number of nitrogens with zero attached hydrogens (tertiary/aromatic N) is 1. The van der Waals surface area contributed by atoms with Gasteiger partial charge >= 0.3 is 12.0 Å². The van der Waals surface area contributed by atoms with Crippen molar-refractivity contribution in [2.75, 3.05) is 19.8 Å². The van der Waals surface area contributed by atoms with Gasteiger partial charge in [-0.1, -0.05) is 18.2 Å². The van der Waals surface area contributed by atoms with Gasteiger partial charge in [-0.05, 0) is 6.07 Å². The third-order valence-electron chi connectivity index (χ3n) is 3.25. The van der Waals surface area contributed by atoms with Crippen molar-refractivity contribution in [1.82, 2.24) is 10.2 Å². The summed E-state index contributed by atoms with van der Waals surface area (Å²) in [5, 5.41) is 20.2. The van der Waals surface area contributed by atoms with Gasteiger partial charge in [-0.2, -0.15) is 0 Å². The molecular formula is C14H18N2O5. The van der Waals surface area contributed by atoms with Gasteiger partial charge in [0.1, 0.15) is 18.4 Å². The minimum absolute atomic E-state index is 0.0258. The molecule has 2 rings (SSSR count). The van der Waals surface area contributed by atoms with Crippen molar-refractivity contribution in [1.29, 1.82) is 0 Å². The van der Waals surface area contributed by atoms with Crippen LogP contribution in [0.25, 0.3) is 0 Å². The second-order valence-electron chi connectivity index (χ2n) is 4.73. The molecule has 21 heavy (non-hydrogen) atoms. The highest BCUT2D eigenvalue weighted by Crippen LogP contribution is 2.22. The first kappa shape index (κ1) is 15.1. The smallest absolute Gasteiger partial charge is 0.326 e. The van der Waals surface area contributed by atoms with E-state index in [1.165, 1.54) is 4.90 Å². The molecule has 0 unspecified atom stereocenters. The van der Waals surface area contributed by atoms with Crippen molar-refractivity contribution in [2.24, 2.45) is 0 Å². The van der Waals surface area contributed by atoms with Crippen molar-refractivity contribution in [2.45, 2.75) is 19.0 Å². The number of carbonyl (C=O) groups excluding carboxylic acids is 1. The molecule has 0 fully saturated rings. The van der Waals surface area contributed by atoms with Gasteiger partial charge in [-0.3, -0.25) is 0 Å². The lowest BCUT2D eigenvalue weighted by atomic mass is 10.2. The largest absolute Gasteiger partial charge is 0.491 e. The van der Waals surface area contributed by atoms with Crippen molar-refractivity contribution < 1.29 is 24.5 Å². The first-order valence-electron chi connectivity index (χ1n) is 6.71. The molecule has 7 nitrogen and oxygen atoms in total. The Labute approximate surface area is 122 Å². The number of rotatable bonds is 4. The summed E-state index contributed by atoms with van der Waals surface area (Å²) in [7, 11) is 0. The Morgan fingerprint density at radius 2 is 2.14 bits per heavy atom. The number of hydrogen-bond acceptors (Lipinski definition) is 4. The van der Waals surface area contributed by atoms with Gasteiger partial charge in [0.25, 0.3) is 0 Å². The van der Waals surface area contributed by atoms with E-state index >= 15 is 0 Å². The van der Waals surface area contributed by atoms with E-state index in [9.17, 15) is 9.59 Å². The molecule has 1 aromatic rings. The Kier molecular flexibility index (Phi) is 4.99. The molecule has 1 aliphatic heterocycles. The van der Waals surface area contributed by atoms with Crippen LogP contribution in [0.3, 0.4) is 0 Å². The Hall–Kier alpha value is -2.28. The normalized spacial score (nSPS) is 15.4. The highest BCUT2D eigenvalue weighted by molar-refractivity contribution is 5.82. The first-order chi connectivity index (χ1) is 10.1. The molecule has 114 valence electrons. The quantitative estimate of drug-likeness (QED) is 0.747. The monoisotopic (exact) mass is 294 g/mol. The minimum Gasteiger partial charge on any atom is -0.491 e. The van der Waals surface area contributed by atoms with Crippen LogP contribution < -0.4 is 10.1 Å². The van der Waals surface area contributed by atoms with Crippen LogP contribution in [0.15, 0.2) is 24.3 Å². The van der Waals surface area contributed by atoms with E-state index in [0.717, 1.165) is 11.3 Å². The molecule has 1 atom stereocenters.